The quantitative estimate of drug-likeness (QED) is 0.735. The summed E-state index contributed by atoms with van der Waals surface area (Å²) in [4.78, 5) is 0. The first-order valence-corrected chi connectivity index (χ1v) is 7.76. The standard InChI is InChI=1S/C11H22N2O3S/c1-10-4-3-5-12(8-10)17(14,15)13-6-7-16-9-11(13)2/h10-11H,3-9H2,1-2H3/t10-,11-/m0/s1. The van der Waals surface area contributed by atoms with Crippen molar-refractivity contribution in [1.29, 1.82) is 0 Å². The molecule has 2 atom stereocenters. The number of nitrogens with zero attached hydrogens (tertiary/aromatic N) is 2. The van der Waals surface area contributed by atoms with Crippen LogP contribution in [-0.4, -0.2) is 55.9 Å². The predicted octanol–water partition coefficient (Wildman–Crippen LogP) is 0.684. The number of hydrogen-bond acceptors (Lipinski definition) is 3. The highest BCUT2D eigenvalue weighted by Crippen LogP contribution is 2.22. The zero-order valence-electron chi connectivity index (χ0n) is 10.6. The van der Waals surface area contributed by atoms with Gasteiger partial charge in [0.15, 0.2) is 0 Å². The lowest BCUT2D eigenvalue weighted by Crippen LogP contribution is -2.54. The van der Waals surface area contributed by atoms with E-state index in [0.29, 0.717) is 38.8 Å². The highest BCUT2D eigenvalue weighted by molar-refractivity contribution is 7.86. The van der Waals surface area contributed by atoms with Gasteiger partial charge in [-0.25, -0.2) is 0 Å². The molecule has 0 N–H and O–H groups in total. The second-order valence-electron chi connectivity index (χ2n) is 5.15. The van der Waals surface area contributed by atoms with E-state index in [9.17, 15) is 8.42 Å². The van der Waals surface area contributed by atoms with Crippen LogP contribution >= 0.6 is 0 Å². The molecule has 0 aromatic heterocycles. The SMILES string of the molecule is C[C@H]1CCCN(S(=O)(=O)N2CCOC[C@@H]2C)C1. The molecule has 100 valence electrons. The molecule has 0 amide bonds. The molecule has 0 bridgehead atoms. The Hall–Kier alpha value is -0.170. The molecule has 0 aromatic carbocycles. The van der Waals surface area contributed by atoms with Crippen molar-refractivity contribution in [3.63, 3.8) is 0 Å². The van der Waals surface area contributed by atoms with E-state index in [1.165, 1.54) is 0 Å². The topological polar surface area (TPSA) is 49.9 Å². The van der Waals surface area contributed by atoms with Crippen LogP contribution in [0.1, 0.15) is 26.7 Å². The summed E-state index contributed by atoms with van der Waals surface area (Å²) >= 11 is 0. The van der Waals surface area contributed by atoms with Crippen molar-refractivity contribution in [2.45, 2.75) is 32.7 Å². The summed E-state index contributed by atoms with van der Waals surface area (Å²) in [6.45, 7) is 6.83. The smallest absolute Gasteiger partial charge is 0.282 e. The van der Waals surface area contributed by atoms with Crippen molar-refractivity contribution in [3.8, 4) is 0 Å². The molecule has 0 radical (unpaired) electrons. The Kier molecular flexibility index (Phi) is 4.07. The van der Waals surface area contributed by atoms with E-state index in [0.717, 1.165) is 12.8 Å². The van der Waals surface area contributed by atoms with Crippen molar-refractivity contribution in [3.05, 3.63) is 0 Å². The van der Waals surface area contributed by atoms with E-state index in [2.05, 4.69) is 6.92 Å². The molecular weight excluding hydrogens is 240 g/mol. The minimum absolute atomic E-state index is 0.0500. The van der Waals surface area contributed by atoms with E-state index in [1.54, 1.807) is 8.61 Å². The number of ether oxygens (including phenoxy) is 1. The summed E-state index contributed by atoms with van der Waals surface area (Å²) < 4.78 is 33.5. The second-order valence-corrected chi connectivity index (χ2v) is 7.03. The maximum atomic E-state index is 12.5. The Labute approximate surface area is 104 Å². The first-order chi connectivity index (χ1) is 8.01. The molecular formula is C11H22N2O3S. The van der Waals surface area contributed by atoms with Gasteiger partial charge in [-0.05, 0) is 25.7 Å². The van der Waals surface area contributed by atoms with Gasteiger partial charge in [-0.15, -0.1) is 0 Å². The van der Waals surface area contributed by atoms with Gasteiger partial charge in [-0.2, -0.15) is 17.0 Å². The van der Waals surface area contributed by atoms with Crippen LogP contribution in [0, 0.1) is 5.92 Å². The van der Waals surface area contributed by atoms with E-state index in [4.69, 9.17) is 4.74 Å². The third kappa shape index (κ3) is 2.81. The van der Waals surface area contributed by atoms with Gasteiger partial charge in [-0.3, -0.25) is 0 Å². The monoisotopic (exact) mass is 262 g/mol. The van der Waals surface area contributed by atoms with Crippen LogP contribution in [0.4, 0.5) is 0 Å². The lowest BCUT2D eigenvalue weighted by atomic mass is 10.0. The molecule has 2 heterocycles. The summed E-state index contributed by atoms with van der Waals surface area (Å²) in [6.07, 6.45) is 2.10. The van der Waals surface area contributed by atoms with E-state index in [-0.39, 0.29) is 6.04 Å². The lowest BCUT2D eigenvalue weighted by Gasteiger charge is -2.38. The van der Waals surface area contributed by atoms with Crippen LogP contribution in [0.5, 0.6) is 0 Å². The molecule has 2 aliphatic rings. The van der Waals surface area contributed by atoms with Crippen LogP contribution in [0.25, 0.3) is 0 Å². The Morgan fingerprint density at radius 3 is 2.65 bits per heavy atom. The molecule has 0 saturated carbocycles. The Morgan fingerprint density at radius 2 is 2.00 bits per heavy atom. The number of morpholine rings is 1. The van der Waals surface area contributed by atoms with Gasteiger partial charge in [0.25, 0.3) is 10.2 Å². The van der Waals surface area contributed by atoms with Crippen LogP contribution in [-0.2, 0) is 14.9 Å². The molecule has 2 fully saturated rings. The lowest BCUT2D eigenvalue weighted by molar-refractivity contribution is 0.0355. The fourth-order valence-electron chi connectivity index (χ4n) is 2.56. The molecule has 0 aliphatic carbocycles. The molecule has 0 unspecified atom stereocenters. The fraction of sp³-hybridized carbons (Fsp3) is 1.00. The third-order valence-corrected chi connectivity index (χ3v) is 5.67. The highest BCUT2D eigenvalue weighted by atomic mass is 32.2. The summed E-state index contributed by atoms with van der Waals surface area (Å²) in [6, 6.07) is -0.0500. The van der Waals surface area contributed by atoms with Gasteiger partial charge < -0.3 is 4.74 Å². The molecule has 0 aromatic rings. The average molecular weight is 262 g/mol. The van der Waals surface area contributed by atoms with Gasteiger partial charge in [0, 0.05) is 25.7 Å². The zero-order chi connectivity index (χ0) is 12.5. The van der Waals surface area contributed by atoms with E-state index in [1.807, 2.05) is 6.92 Å². The molecule has 2 aliphatic heterocycles. The first-order valence-electron chi connectivity index (χ1n) is 6.36. The number of piperidine rings is 1. The van der Waals surface area contributed by atoms with Gasteiger partial charge in [0.05, 0.1) is 13.2 Å². The van der Waals surface area contributed by atoms with Gasteiger partial charge in [-0.1, -0.05) is 6.92 Å². The fourth-order valence-corrected chi connectivity index (χ4v) is 4.48. The third-order valence-electron chi connectivity index (χ3n) is 3.55. The van der Waals surface area contributed by atoms with Gasteiger partial charge in [0.1, 0.15) is 0 Å². The average Bonchev–Trinajstić information content (AvgIpc) is 2.29. The highest BCUT2D eigenvalue weighted by Gasteiger charge is 2.36. The summed E-state index contributed by atoms with van der Waals surface area (Å²) in [5, 5.41) is 0. The van der Waals surface area contributed by atoms with Crippen LogP contribution < -0.4 is 0 Å². The molecule has 5 nitrogen and oxygen atoms in total. The maximum absolute atomic E-state index is 12.5. The molecule has 17 heavy (non-hydrogen) atoms. The minimum Gasteiger partial charge on any atom is -0.378 e. The molecule has 6 heteroatoms. The largest absolute Gasteiger partial charge is 0.378 e. The molecule has 0 spiro atoms. The van der Waals surface area contributed by atoms with Crippen LogP contribution in [0.2, 0.25) is 0 Å². The Morgan fingerprint density at radius 1 is 1.24 bits per heavy atom. The predicted molar refractivity (Wildman–Crippen MR) is 65.9 cm³/mol. The van der Waals surface area contributed by atoms with Gasteiger partial charge >= 0.3 is 0 Å². The normalized spacial score (nSPS) is 33.8. The van der Waals surface area contributed by atoms with Crippen molar-refractivity contribution >= 4 is 10.2 Å². The Bertz CT molecular complexity index is 358. The first kappa shape index (κ1) is 13.3. The number of rotatable bonds is 2. The molecule has 2 saturated heterocycles. The second kappa shape index (κ2) is 5.22. The van der Waals surface area contributed by atoms with Crippen molar-refractivity contribution in [1.82, 2.24) is 8.61 Å². The van der Waals surface area contributed by atoms with Crippen LogP contribution in [0.3, 0.4) is 0 Å². The Balaban J connectivity index is 2.11. The van der Waals surface area contributed by atoms with Crippen molar-refractivity contribution < 1.29 is 13.2 Å². The molecule has 2 rings (SSSR count). The summed E-state index contributed by atoms with van der Waals surface area (Å²) in [5.74, 6) is 0.467. The van der Waals surface area contributed by atoms with Gasteiger partial charge in [0.2, 0.25) is 0 Å². The van der Waals surface area contributed by atoms with E-state index < -0.39 is 10.2 Å². The minimum atomic E-state index is -3.28. The van der Waals surface area contributed by atoms with Crippen molar-refractivity contribution in [2.75, 3.05) is 32.8 Å². The maximum Gasteiger partial charge on any atom is 0.282 e. The van der Waals surface area contributed by atoms with Crippen LogP contribution in [0.15, 0.2) is 0 Å². The summed E-state index contributed by atoms with van der Waals surface area (Å²) in [5.41, 5.74) is 0. The zero-order valence-corrected chi connectivity index (χ0v) is 11.4. The van der Waals surface area contributed by atoms with E-state index >= 15 is 0 Å². The number of hydrogen-bond donors (Lipinski definition) is 0. The van der Waals surface area contributed by atoms with Crippen molar-refractivity contribution in [2.24, 2.45) is 5.92 Å². The summed E-state index contributed by atoms with van der Waals surface area (Å²) in [7, 11) is -3.28.